The molecule has 0 saturated carbocycles. The molecule has 0 unspecified atom stereocenters. The molecule has 1 fully saturated rings. The number of rotatable bonds is 8. The highest BCUT2D eigenvalue weighted by atomic mass is 16.6. The van der Waals surface area contributed by atoms with Crippen LogP contribution in [0.25, 0.3) is 10.9 Å². The molecular formula is C28H36N4O4. The first-order valence-corrected chi connectivity index (χ1v) is 12.5. The van der Waals surface area contributed by atoms with Gasteiger partial charge < -0.3 is 24.7 Å². The minimum Gasteiger partial charge on any atom is -0.484 e. The molecule has 2 N–H and O–H groups in total. The molecular weight excluding hydrogens is 456 g/mol. The van der Waals surface area contributed by atoms with E-state index in [0.717, 1.165) is 36.1 Å². The number of alkyl carbamates (subject to hydrolysis) is 1. The van der Waals surface area contributed by atoms with Gasteiger partial charge in [-0.05, 0) is 56.5 Å². The lowest BCUT2D eigenvalue weighted by Gasteiger charge is -2.34. The zero-order valence-corrected chi connectivity index (χ0v) is 21.4. The van der Waals surface area contributed by atoms with E-state index in [4.69, 9.17) is 9.47 Å². The number of carbonyl (C=O) groups excluding carboxylic acids is 2. The van der Waals surface area contributed by atoms with Crippen LogP contribution < -0.4 is 10.1 Å². The van der Waals surface area contributed by atoms with Crippen molar-refractivity contribution in [2.75, 3.05) is 39.3 Å². The molecule has 1 aliphatic rings. The van der Waals surface area contributed by atoms with Crippen molar-refractivity contribution in [1.29, 1.82) is 0 Å². The van der Waals surface area contributed by atoms with Gasteiger partial charge in [-0.3, -0.25) is 9.69 Å². The van der Waals surface area contributed by atoms with Gasteiger partial charge in [-0.1, -0.05) is 30.3 Å². The number of aromatic nitrogens is 1. The Morgan fingerprint density at radius 2 is 1.78 bits per heavy atom. The highest BCUT2D eigenvalue weighted by Gasteiger charge is 2.21. The van der Waals surface area contributed by atoms with Crippen molar-refractivity contribution in [3.05, 3.63) is 65.9 Å². The van der Waals surface area contributed by atoms with E-state index in [9.17, 15) is 9.59 Å². The van der Waals surface area contributed by atoms with E-state index in [1.807, 2.05) is 56.1 Å². The number of hydrogen-bond donors (Lipinski definition) is 2. The molecule has 1 aromatic heterocycles. The standard InChI is InChI=1S/C28H36N4O4/c1-28(2,3)36-27(34)29-12-11-22-18-30-25-10-9-23(17-24(22)25)35-20-26(33)32-15-13-31(14-16-32)19-21-7-5-4-6-8-21/h4-10,17-18,30H,11-16,19-20H2,1-3H3,(H,29,34). The molecule has 0 atom stereocenters. The van der Waals surface area contributed by atoms with Crippen LogP contribution in [0.4, 0.5) is 4.79 Å². The maximum absolute atomic E-state index is 12.7. The summed E-state index contributed by atoms with van der Waals surface area (Å²) in [6.07, 6.45) is 2.16. The molecule has 0 aliphatic carbocycles. The molecule has 1 aliphatic heterocycles. The topological polar surface area (TPSA) is 86.9 Å². The normalized spacial score (nSPS) is 14.6. The van der Waals surface area contributed by atoms with Crippen molar-refractivity contribution in [2.24, 2.45) is 0 Å². The molecule has 2 amide bonds. The molecule has 0 spiro atoms. The summed E-state index contributed by atoms with van der Waals surface area (Å²) in [5.74, 6) is 0.657. The minimum absolute atomic E-state index is 0.00492. The van der Waals surface area contributed by atoms with Crippen LogP contribution in [0.1, 0.15) is 31.9 Å². The average Bonchev–Trinajstić information content (AvgIpc) is 3.25. The lowest BCUT2D eigenvalue weighted by atomic mass is 10.1. The maximum atomic E-state index is 12.7. The Balaban J connectivity index is 1.24. The summed E-state index contributed by atoms with van der Waals surface area (Å²) in [5, 5.41) is 3.80. The fraction of sp³-hybridized carbons (Fsp3) is 0.429. The molecule has 4 rings (SSSR count). The number of ether oxygens (including phenoxy) is 2. The van der Waals surface area contributed by atoms with E-state index in [-0.39, 0.29) is 12.5 Å². The molecule has 0 radical (unpaired) electrons. The van der Waals surface area contributed by atoms with E-state index in [2.05, 4.69) is 39.5 Å². The number of aromatic amines is 1. The van der Waals surface area contributed by atoms with Crippen molar-refractivity contribution < 1.29 is 19.1 Å². The summed E-state index contributed by atoms with van der Waals surface area (Å²) in [6.45, 7) is 10.0. The lowest BCUT2D eigenvalue weighted by molar-refractivity contribution is -0.135. The number of nitrogens with zero attached hydrogens (tertiary/aromatic N) is 2. The van der Waals surface area contributed by atoms with E-state index >= 15 is 0 Å². The molecule has 8 heteroatoms. The first-order chi connectivity index (χ1) is 17.3. The average molecular weight is 493 g/mol. The zero-order chi connectivity index (χ0) is 25.5. The van der Waals surface area contributed by atoms with Crippen LogP contribution >= 0.6 is 0 Å². The van der Waals surface area contributed by atoms with Crippen LogP contribution in [0.15, 0.2) is 54.7 Å². The molecule has 8 nitrogen and oxygen atoms in total. The highest BCUT2D eigenvalue weighted by Crippen LogP contribution is 2.24. The number of carbonyl (C=O) groups is 2. The molecule has 3 aromatic rings. The van der Waals surface area contributed by atoms with Crippen LogP contribution in [-0.4, -0.2) is 71.7 Å². The Labute approximate surface area is 212 Å². The minimum atomic E-state index is -0.524. The van der Waals surface area contributed by atoms with Crippen molar-refractivity contribution in [3.8, 4) is 5.75 Å². The van der Waals surface area contributed by atoms with Gasteiger partial charge in [0.25, 0.3) is 5.91 Å². The molecule has 36 heavy (non-hydrogen) atoms. The molecule has 0 bridgehead atoms. The van der Waals surface area contributed by atoms with E-state index in [1.54, 1.807) is 0 Å². The van der Waals surface area contributed by atoms with Gasteiger partial charge in [-0.25, -0.2) is 4.79 Å². The molecule has 2 aromatic carbocycles. The smallest absolute Gasteiger partial charge is 0.407 e. The summed E-state index contributed by atoms with van der Waals surface area (Å²) in [4.78, 5) is 32.1. The second kappa shape index (κ2) is 11.5. The van der Waals surface area contributed by atoms with Crippen LogP contribution in [0.5, 0.6) is 5.75 Å². The van der Waals surface area contributed by atoms with Crippen molar-refractivity contribution in [3.63, 3.8) is 0 Å². The Bertz CT molecular complexity index is 1160. The van der Waals surface area contributed by atoms with Gasteiger partial charge in [-0.15, -0.1) is 0 Å². The van der Waals surface area contributed by atoms with E-state index < -0.39 is 11.7 Å². The van der Waals surface area contributed by atoms with Gasteiger partial charge in [0.15, 0.2) is 6.61 Å². The number of hydrogen-bond acceptors (Lipinski definition) is 5. The fourth-order valence-corrected chi connectivity index (χ4v) is 4.30. The van der Waals surface area contributed by atoms with E-state index in [0.29, 0.717) is 31.8 Å². The number of benzene rings is 2. The van der Waals surface area contributed by atoms with Crippen molar-refractivity contribution >= 4 is 22.9 Å². The van der Waals surface area contributed by atoms with Gasteiger partial charge in [-0.2, -0.15) is 0 Å². The lowest BCUT2D eigenvalue weighted by Crippen LogP contribution is -2.49. The number of nitrogens with one attached hydrogen (secondary N) is 2. The fourth-order valence-electron chi connectivity index (χ4n) is 4.30. The maximum Gasteiger partial charge on any atom is 0.407 e. The third-order valence-corrected chi connectivity index (χ3v) is 6.14. The Morgan fingerprint density at radius 1 is 1.03 bits per heavy atom. The first-order valence-electron chi connectivity index (χ1n) is 12.5. The SMILES string of the molecule is CC(C)(C)OC(=O)NCCc1c[nH]c2ccc(OCC(=O)N3CCN(Cc4ccccc4)CC3)cc12. The van der Waals surface area contributed by atoms with Gasteiger partial charge >= 0.3 is 6.09 Å². The van der Waals surface area contributed by atoms with Crippen molar-refractivity contribution in [1.82, 2.24) is 20.1 Å². The quantitative estimate of drug-likeness (QED) is 0.497. The van der Waals surface area contributed by atoms with Gasteiger partial charge in [0.05, 0.1) is 0 Å². The van der Waals surface area contributed by atoms with Gasteiger partial charge in [0, 0.05) is 56.4 Å². The molecule has 2 heterocycles. The summed E-state index contributed by atoms with van der Waals surface area (Å²) in [5.41, 5.74) is 2.81. The largest absolute Gasteiger partial charge is 0.484 e. The number of piperazine rings is 1. The van der Waals surface area contributed by atoms with Gasteiger partial charge in [0.1, 0.15) is 11.4 Å². The van der Waals surface area contributed by atoms with Crippen molar-refractivity contribution in [2.45, 2.75) is 39.3 Å². The summed E-state index contributed by atoms with van der Waals surface area (Å²) in [6, 6.07) is 16.2. The highest BCUT2D eigenvalue weighted by molar-refractivity contribution is 5.85. The molecule has 1 saturated heterocycles. The summed E-state index contributed by atoms with van der Waals surface area (Å²) >= 11 is 0. The molecule has 192 valence electrons. The predicted octanol–water partition coefficient (Wildman–Crippen LogP) is 3.96. The Kier molecular flexibility index (Phi) is 8.15. The summed E-state index contributed by atoms with van der Waals surface area (Å²) < 4.78 is 11.1. The first kappa shape index (κ1) is 25.6. The van der Waals surface area contributed by atoms with Crippen LogP contribution in [0, 0.1) is 0 Å². The number of H-pyrrole nitrogens is 1. The van der Waals surface area contributed by atoms with Crippen LogP contribution in [0.3, 0.4) is 0 Å². The number of fused-ring (bicyclic) bond motifs is 1. The zero-order valence-electron chi connectivity index (χ0n) is 21.4. The van der Waals surface area contributed by atoms with Gasteiger partial charge in [0.2, 0.25) is 0 Å². The second-order valence-electron chi connectivity index (χ2n) is 10.1. The predicted molar refractivity (Wildman–Crippen MR) is 140 cm³/mol. The van der Waals surface area contributed by atoms with Crippen LogP contribution in [-0.2, 0) is 22.5 Å². The Hall–Kier alpha value is -3.52. The number of amides is 2. The third kappa shape index (κ3) is 7.24. The monoisotopic (exact) mass is 492 g/mol. The second-order valence-corrected chi connectivity index (χ2v) is 10.1. The van der Waals surface area contributed by atoms with Crippen LogP contribution in [0.2, 0.25) is 0 Å². The van der Waals surface area contributed by atoms with E-state index in [1.165, 1.54) is 5.56 Å². The Morgan fingerprint density at radius 3 is 2.50 bits per heavy atom. The summed E-state index contributed by atoms with van der Waals surface area (Å²) in [7, 11) is 0. The third-order valence-electron chi connectivity index (χ3n) is 6.14.